The summed E-state index contributed by atoms with van der Waals surface area (Å²) in [7, 11) is 3.47. The number of nitrogens with zero attached hydrogens (tertiary/aromatic N) is 2. The Morgan fingerprint density at radius 2 is 2.10 bits per heavy atom. The third kappa shape index (κ3) is 3.44. The van der Waals surface area contributed by atoms with Crippen LogP contribution in [-0.2, 0) is 26.0 Å². The molecule has 2 rings (SSSR count). The smallest absolute Gasteiger partial charge is 0.131 e. The molecule has 0 atom stereocenters. The van der Waals surface area contributed by atoms with Crippen LogP contribution >= 0.6 is 23.2 Å². The molecule has 1 aromatic carbocycles. The predicted octanol–water partition coefficient (Wildman–Crippen LogP) is 3.96. The van der Waals surface area contributed by atoms with Gasteiger partial charge in [-0.05, 0) is 12.5 Å². The molecule has 2 aromatic rings. The van der Waals surface area contributed by atoms with Crippen molar-refractivity contribution in [2.45, 2.75) is 25.8 Å². The van der Waals surface area contributed by atoms with Crippen LogP contribution in [0.4, 0.5) is 0 Å². The van der Waals surface area contributed by atoms with Crippen molar-refractivity contribution >= 4 is 23.2 Å². The highest BCUT2D eigenvalue weighted by atomic mass is 35.5. The molecule has 6 heteroatoms. The molecule has 0 aliphatic carbocycles. The molecule has 114 valence electrons. The second-order valence-corrected chi connectivity index (χ2v) is 5.23. The van der Waals surface area contributed by atoms with Crippen molar-refractivity contribution in [1.82, 2.24) is 9.78 Å². The van der Waals surface area contributed by atoms with Gasteiger partial charge in [-0.3, -0.25) is 4.68 Å². The van der Waals surface area contributed by atoms with E-state index in [0.29, 0.717) is 23.3 Å². The van der Waals surface area contributed by atoms with Gasteiger partial charge in [-0.15, -0.1) is 11.6 Å². The Bertz CT molecular complexity index is 626. The van der Waals surface area contributed by atoms with Gasteiger partial charge in [0.1, 0.15) is 18.1 Å². The van der Waals surface area contributed by atoms with Crippen LogP contribution in [0.3, 0.4) is 0 Å². The number of ether oxygens (including phenoxy) is 2. The van der Waals surface area contributed by atoms with Crippen LogP contribution in [0.2, 0.25) is 5.02 Å². The Hall–Kier alpha value is -1.39. The summed E-state index contributed by atoms with van der Waals surface area (Å²) in [5, 5.41) is 5.03. The molecule has 4 nitrogen and oxygen atoms in total. The lowest BCUT2D eigenvalue weighted by Gasteiger charge is -2.12. The molecular weight excluding hydrogens is 311 g/mol. The Labute approximate surface area is 134 Å². The minimum atomic E-state index is 0.333. The number of rotatable bonds is 6. The molecule has 0 saturated heterocycles. The first-order valence-electron chi connectivity index (χ1n) is 6.66. The van der Waals surface area contributed by atoms with Crippen LogP contribution in [0.5, 0.6) is 11.5 Å². The number of hydrogen-bond acceptors (Lipinski definition) is 3. The van der Waals surface area contributed by atoms with Gasteiger partial charge in [-0.25, -0.2) is 0 Å². The van der Waals surface area contributed by atoms with Crippen LogP contribution in [0.25, 0.3) is 0 Å². The summed E-state index contributed by atoms with van der Waals surface area (Å²) < 4.78 is 12.8. The van der Waals surface area contributed by atoms with Crippen molar-refractivity contribution in [1.29, 1.82) is 0 Å². The van der Waals surface area contributed by atoms with Crippen LogP contribution in [0.15, 0.2) is 18.2 Å². The first-order valence-corrected chi connectivity index (χ1v) is 7.57. The Morgan fingerprint density at radius 1 is 1.33 bits per heavy atom. The Balaban J connectivity index is 2.21. The summed E-state index contributed by atoms with van der Waals surface area (Å²) in [5.41, 5.74) is 2.63. The highest BCUT2D eigenvalue weighted by Crippen LogP contribution is 2.28. The summed E-state index contributed by atoms with van der Waals surface area (Å²) in [6.07, 6.45) is 0.790. The van der Waals surface area contributed by atoms with E-state index < -0.39 is 0 Å². The fourth-order valence-electron chi connectivity index (χ4n) is 2.03. The predicted molar refractivity (Wildman–Crippen MR) is 84.5 cm³/mol. The van der Waals surface area contributed by atoms with E-state index >= 15 is 0 Å². The minimum Gasteiger partial charge on any atom is -0.497 e. The number of aryl methyl sites for hydroxylation is 2. The molecule has 0 saturated carbocycles. The monoisotopic (exact) mass is 328 g/mol. The van der Waals surface area contributed by atoms with Gasteiger partial charge in [0.05, 0.1) is 29.4 Å². The van der Waals surface area contributed by atoms with Gasteiger partial charge >= 0.3 is 0 Å². The normalized spacial score (nSPS) is 10.7. The topological polar surface area (TPSA) is 36.3 Å². The maximum Gasteiger partial charge on any atom is 0.131 e. The lowest BCUT2D eigenvalue weighted by molar-refractivity contribution is 0.290. The third-order valence-corrected chi connectivity index (χ3v) is 4.01. The summed E-state index contributed by atoms with van der Waals surface area (Å²) in [5.74, 6) is 1.79. The van der Waals surface area contributed by atoms with Gasteiger partial charge in [0.2, 0.25) is 0 Å². The molecule has 0 fully saturated rings. The average molecular weight is 329 g/mol. The minimum absolute atomic E-state index is 0.333. The van der Waals surface area contributed by atoms with Gasteiger partial charge in [-0.2, -0.15) is 5.10 Å². The first kappa shape index (κ1) is 16.0. The van der Waals surface area contributed by atoms with Gasteiger partial charge in [0.15, 0.2) is 0 Å². The van der Waals surface area contributed by atoms with Crippen LogP contribution in [-0.4, -0.2) is 16.9 Å². The zero-order valence-electron chi connectivity index (χ0n) is 12.3. The highest BCUT2D eigenvalue weighted by molar-refractivity contribution is 6.31. The van der Waals surface area contributed by atoms with Crippen molar-refractivity contribution in [2.24, 2.45) is 7.05 Å². The fraction of sp³-hybridized carbons (Fsp3) is 0.400. The quantitative estimate of drug-likeness (QED) is 0.753. The van der Waals surface area contributed by atoms with Crippen molar-refractivity contribution in [3.63, 3.8) is 0 Å². The van der Waals surface area contributed by atoms with Gasteiger partial charge < -0.3 is 9.47 Å². The van der Waals surface area contributed by atoms with Gasteiger partial charge in [0.25, 0.3) is 0 Å². The molecule has 0 radical (unpaired) electrons. The zero-order chi connectivity index (χ0) is 15.4. The Kier molecular flexibility index (Phi) is 5.37. The molecule has 0 bridgehead atoms. The number of aromatic nitrogens is 2. The second-order valence-electron chi connectivity index (χ2n) is 4.58. The van der Waals surface area contributed by atoms with E-state index in [9.17, 15) is 0 Å². The lowest BCUT2D eigenvalue weighted by atomic mass is 10.2. The molecule has 1 heterocycles. The standard InChI is InChI=1S/C15H18Cl2N2O2/c1-4-12-15(17)13(19(2)18-12)9-21-14-7-11(20-3)6-5-10(14)8-16/h5-7H,4,8-9H2,1-3H3. The van der Waals surface area contributed by atoms with Crippen LogP contribution in [0, 0.1) is 0 Å². The summed E-state index contributed by atoms with van der Waals surface area (Å²) in [6.45, 7) is 2.35. The molecule has 0 N–H and O–H groups in total. The van der Waals surface area contributed by atoms with Crippen molar-refractivity contribution < 1.29 is 9.47 Å². The molecule has 21 heavy (non-hydrogen) atoms. The van der Waals surface area contributed by atoms with E-state index in [1.54, 1.807) is 11.8 Å². The van der Waals surface area contributed by atoms with E-state index in [0.717, 1.165) is 29.1 Å². The molecule has 0 unspecified atom stereocenters. The number of halogens is 2. The van der Waals surface area contributed by atoms with E-state index in [-0.39, 0.29) is 0 Å². The molecule has 1 aromatic heterocycles. The molecule has 0 aliphatic heterocycles. The van der Waals surface area contributed by atoms with Gasteiger partial charge in [0, 0.05) is 18.7 Å². The fourth-order valence-corrected chi connectivity index (χ4v) is 2.60. The van der Waals surface area contributed by atoms with E-state index in [1.165, 1.54) is 0 Å². The maximum absolute atomic E-state index is 6.31. The number of methoxy groups -OCH3 is 1. The summed E-state index contributed by atoms with van der Waals surface area (Å²) in [4.78, 5) is 0. The lowest BCUT2D eigenvalue weighted by Crippen LogP contribution is -2.04. The largest absolute Gasteiger partial charge is 0.497 e. The first-order chi connectivity index (χ1) is 10.1. The summed E-state index contributed by atoms with van der Waals surface area (Å²) >= 11 is 12.2. The SMILES string of the molecule is CCc1nn(C)c(COc2cc(OC)ccc2CCl)c1Cl. The van der Waals surface area contributed by atoms with Crippen molar-refractivity contribution in [3.8, 4) is 11.5 Å². The van der Waals surface area contributed by atoms with Crippen LogP contribution < -0.4 is 9.47 Å². The number of benzene rings is 1. The molecule has 0 amide bonds. The van der Waals surface area contributed by atoms with Crippen LogP contribution in [0.1, 0.15) is 23.9 Å². The third-order valence-electron chi connectivity index (χ3n) is 3.29. The average Bonchev–Trinajstić information content (AvgIpc) is 2.79. The second kappa shape index (κ2) is 7.05. The van der Waals surface area contributed by atoms with Crippen molar-refractivity contribution in [2.75, 3.05) is 7.11 Å². The van der Waals surface area contributed by atoms with E-state index in [4.69, 9.17) is 32.7 Å². The van der Waals surface area contributed by atoms with Crippen molar-refractivity contribution in [3.05, 3.63) is 40.2 Å². The number of alkyl halides is 1. The Morgan fingerprint density at radius 3 is 2.67 bits per heavy atom. The zero-order valence-corrected chi connectivity index (χ0v) is 13.8. The number of hydrogen-bond donors (Lipinski definition) is 0. The van der Waals surface area contributed by atoms with E-state index in [1.807, 2.05) is 32.2 Å². The molecule has 0 aliphatic rings. The van der Waals surface area contributed by atoms with Gasteiger partial charge in [-0.1, -0.05) is 24.6 Å². The maximum atomic E-state index is 6.31. The van der Waals surface area contributed by atoms with E-state index in [2.05, 4.69) is 5.10 Å². The molecule has 0 spiro atoms. The highest BCUT2D eigenvalue weighted by Gasteiger charge is 2.14. The molecular formula is C15H18Cl2N2O2. The summed E-state index contributed by atoms with van der Waals surface area (Å²) in [6, 6.07) is 5.57.